The van der Waals surface area contributed by atoms with Crippen LogP contribution in [-0.4, -0.2) is 50.1 Å². The summed E-state index contributed by atoms with van der Waals surface area (Å²) in [5.41, 5.74) is 7.41. The molecule has 1 aliphatic heterocycles. The van der Waals surface area contributed by atoms with E-state index in [0.717, 1.165) is 24.4 Å². The Kier molecular flexibility index (Phi) is 4.39. The van der Waals surface area contributed by atoms with Gasteiger partial charge in [0.05, 0.1) is 13.2 Å². The third-order valence-electron chi connectivity index (χ3n) is 3.54. The average Bonchev–Trinajstić information content (AvgIpc) is 2.47. The number of aryl methyl sites for hydroxylation is 1. The van der Waals surface area contributed by atoms with Crippen molar-refractivity contribution in [2.45, 2.75) is 13.0 Å². The molecule has 5 heteroatoms. The fourth-order valence-corrected chi connectivity index (χ4v) is 2.36. The lowest BCUT2D eigenvalue weighted by Gasteiger charge is -2.35. The van der Waals surface area contributed by atoms with Crippen molar-refractivity contribution in [2.75, 3.05) is 33.3 Å². The number of nitrogens with zero attached hydrogens (tertiary/aromatic N) is 1. The maximum absolute atomic E-state index is 12.5. The Balaban J connectivity index is 2.22. The fraction of sp³-hybridized carbons (Fsp3) is 0.500. The summed E-state index contributed by atoms with van der Waals surface area (Å²) in [6, 6.07) is 5.61. The maximum atomic E-state index is 12.5. The van der Waals surface area contributed by atoms with Crippen molar-refractivity contribution < 1.29 is 9.53 Å². The predicted octanol–water partition coefficient (Wildman–Crippen LogP) is 0.376. The number of nitrogens with one attached hydrogen (secondary N) is 1. The van der Waals surface area contributed by atoms with Gasteiger partial charge in [-0.2, -0.15) is 0 Å². The monoisotopic (exact) mass is 263 g/mol. The summed E-state index contributed by atoms with van der Waals surface area (Å²) < 4.78 is 5.27. The molecule has 0 aromatic heterocycles. The van der Waals surface area contributed by atoms with Crippen LogP contribution in [0.2, 0.25) is 0 Å². The molecule has 1 heterocycles. The smallest absolute Gasteiger partial charge is 0.254 e. The number of carbonyl (C=O) groups is 1. The zero-order valence-electron chi connectivity index (χ0n) is 11.5. The summed E-state index contributed by atoms with van der Waals surface area (Å²) in [6.45, 7) is 4.69. The van der Waals surface area contributed by atoms with Crippen LogP contribution in [0.15, 0.2) is 18.2 Å². The second kappa shape index (κ2) is 6.04. The summed E-state index contributed by atoms with van der Waals surface area (Å²) in [6.07, 6.45) is 0. The van der Waals surface area contributed by atoms with E-state index in [1.54, 1.807) is 13.2 Å². The Labute approximate surface area is 113 Å². The van der Waals surface area contributed by atoms with Gasteiger partial charge >= 0.3 is 0 Å². The Morgan fingerprint density at radius 2 is 2.37 bits per heavy atom. The summed E-state index contributed by atoms with van der Waals surface area (Å²) >= 11 is 0. The molecule has 1 atom stereocenters. The van der Waals surface area contributed by atoms with Crippen LogP contribution < -0.4 is 15.8 Å². The van der Waals surface area contributed by atoms with E-state index in [0.29, 0.717) is 18.7 Å². The van der Waals surface area contributed by atoms with Gasteiger partial charge in [-0.15, -0.1) is 0 Å². The molecule has 1 aliphatic rings. The SMILES string of the molecule is COc1cc(C(=O)N2CCNCC2CN)ccc1C. The second-order valence-corrected chi connectivity index (χ2v) is 4.78. The topological polar surface area (TPSA) is 67.6 Å². The van der Waals surface area contributed by atoms with Gasteiger partial charge in [-0.1, -0.05) is 6.07 Å². The van der Waals surface area contributed by atoms with E-state index in [-0.39, 0.29) is 11.9 Å². The first kappa shape index (κ1) is 13.8. The molecular weight excluding hydrogens is 242 g/mol. The number of piperazine rings is 1. The van der Waals surface area contributed by atoms with Crippen molar-refractivity contribution >= 4 is 5.91 Å². The molecule has 0 bridgehead atoms. The second-order valence-electron chi connectivity index (χ2n) is 4.78. The number of nitrogens with two attached hydrogens (primary N) is 1. The van der Waals surface area contributed by atoms with Gasteiger partial charge in [0, 0.05) is 31.7 Å². The van der Waals surface area contributed by atoms with Gasteiger partial charge in [0.15, 0.2) is 0 Å². The number of ether oxygens (including phenoxy) is 1. The number of benzene rings is 1. The largest absolute Gasteiger partial charge is 0.496 e. The molecule has 104 valence electrons. The molecule has 1 aromatic carbocycles. The van der Waals surface area contributed by atoms with Crippen molar-refractivity contribution in [2.24, 2.45) is 5.73 Å². The minimum absolute atomic E-state index is 0.0234. The molecule has 5 nitrogen and oxygen atoms in total. The van der Waals surface area contributed by atoms with Gasteiger partial charge < -0.3 is 20.7 Å². The Bertz CT molecular complexity index is 462. The highest BCUT2D eigenvalue weighted by molar-refractivity contribution is 5.95. The highest BCUT2D eigenvalue weighted by atomic mass is 16.5. The van der Waals surface area contributed by atoms with E-state index in [1.807, 2.05) is 24.0 Å². The lowest BCUT2D eigenvalue weighted by molar-refractivity contribution is 0.0644. The van der Waals surface area contributed by atoms with E-state index >= 15 is 0 Å². The highest BCUT2D eigenvalue weighted by Crippen LogP contribution is 2.20. The quantitative estimate of drug-likeness (QED) is 0.827. The standard InChI is InChI=1S/C14H21N3O2/c1-10-3-4-11(7-13(10)19-2)14(18)17-6-5-16-9-12(17)8-15/h3-4,7,12,16H,5-6,8-9,15H2,1-2H3. The Hall–Kier alpha value is -1.59. The highest BCUT2D eigenvalue weighted by Gasteiger charge is 2.26. The van der Waals surface area contributed by atoms with Crippen LogP contribution in [-0.2, 0) is 0 Å². The van der Waals surface area contributed by atoms with Crippen LogP contribution in [0.3, 0.4) is 0 Å². The molecular formula is C14H21N3O2. The van der Waals surface area contributed by atoms with E-state index in [4.69, 9.17) is 10.5 Å². The third kappa shape index (κ3) is 2.88. The molecule has 0 spiro atoms. The molecule has 0 radical (unpaired) electrons. The molecule has 1 saturated heterocycles. The molecule has 1 aromatic rings. The third-order valence-corrected chi connectivity index (χ3v) is 3.54. The zero-order valence-corrected chi connectivity index (χ0v) is 11.5. The van der Waals surface area contributed by atoms with Crippen LogP contribution in [0.5, 0.6) is 5.75 Å². The minimum atomic E-state index is 0.0234. The molecule has 1 amide bonds. The zero-order chi connectivity index (χ0) is 13.8. The Morgan fingerprint density at radius 3 is 3.05 bits per heavy atom. The molecule has 19 heavy (non-hydrogen) atoms. The van der Waals surface area contributed by atoms with E-state index in [1.165, 1.54) is 0 Å². The predicted molar refractivity (Wildman–Crippen MR) is 74.5 cm³/mol. The fourth-order valence-electron chi connectivity index (χ4n) is 2.36. The van der Waals surface area contributed by atoms with Crippen LogP contribution in [0.4, 0.5) is 0 Å². The van der Waals surface area contributed by atoms with Crippen LogP contribution in [0.1, 0.15) is 15.9 Å². The van der Waals surface area contributed by atoms with Crippen molar-refractivity contribution in [3.8, 4) is 5.75 Å². The van der Waals surface area contributed by atoms with Crippen molar-refractivity contribution in [1.82, 2.24) is 10.2 Å². The number of methoxy groups -OCH3 is 1. The summed E-state index contributed by atoms with van der Waals surface area (Å²) in [5, 5.41) is 3.26. The van der Waals surface area contributed by atoms with Gasteiger partial charge in [-0.3, -0.25) is 4.79 Å². The number of hydrogen-bond acceptors (Lipinski definition) is 4. The van der Waals surface area contributed by atoms with Crippen LogP contribution in [0.25, 0.3) is 0 Å². The average molecular weight is 263 g/mol. The number of rotatable bonds is 3. The van der Waals surface area contributed by atoms with Gasteiger partial charge in [-0.05, 0) is 24.6 Å². The Morgan fingerprint density at radius 1 is 1.58 bits per heavy atom. The van der Waals surface area contributed by atoms with E-state index in [2.05, 4.69) is 5.32 Å². The van der Waals surface area contributed by atoms with Gasteiger partial charge in [0.25, 0.3) is 5.91 Å². The van der Waals surface area contributed by atoms with E-state index < -0.39 is 0 Å². The summed E-state index contributed by atoms with van der Waals surface area (Å²) in [4.78, 5) is 14.4. The maximum Gasteiger partial charge on any atom is 0.254 e. The van der Waals surface area contributed by atoms with E-state index in [9.17, 15) is 4.79 Å². The first-order chi connectivity index (χ1) is 9.17. The normalized spacial score (nSPS) is 19.3. The lowest BCUT2D eigenvalue weighted by Crippen LogP contribution is -2.56. The first-order valence-electron chi connectivity index (χ1n) is 6.53. The number of amides is 1. The first-order valence-corrected chi connectivity index (χ1v) is 6.53. The molecule has 2 rings (SSSR count). The van der Waals surface area contributed by atoms with Gasteiger partial charge in [0.1, 0.15) is 5.75 Å². The summed E-state index contributed by atoms with van der Waals surface area (Å²) in [5.74, 6) is 0.764. The van der Waals surface area contributed by atoms with Gasteiger partial charge in [-0.25, -0.2) is 0 Å². The molecule has 1 fully saturated rings. The lowest BCUT2D eigenvalue weighted by atomic mass is 10.1. The molecule has 3 N–H and O–H groups in total. The summed E-state index contributed by atoms with van der Waals surface area (Å²) in [7, 11) is 1.62. The molecule has 1 unspecified atom stereocenters. The van der Waals surface area contributed by atoms with Gasteiger partial charge in [0.2, 0.25) is 0 Å². The van der Waals surface area contributed by atoms with Crippen LogP contribution >= 0.6 is 0 Å². The van der Waals surface area contributed by atoms with Crippen molar-refractivity contribution in [1.29, 1.82) is 0 Å². The number of hydrogen-bond donors (Lipinski definition) is 2. The minimum Gasteiger partial charge on any atom is -0.496 e. The molecule has 0 saturated carbocycles. The van der Waals surface area contributed by atoms with Crippen molar-refractivity contribution in [3.05, 3.63) is 29.3 Å². The molecule has 0 aliphatic carbocycles. The number of carbonyl (C=O) groups excluding carboxylic acids is 1. The van der Waals surface area contributed by atoms with Crippen LogP contribution in [0, 0.1) is 6.92 Å². The van der Waals surface area contributed by atoms with Crippen molar-refractivity contribution in [3.63, 3.8) is 0 Å².